The van der Waals surface area contributed by atoms with E-state index in [1.54, 1.807) is 0 Å². The van der Waals surface area contributed by atoms with Crippen molar-refractivity contribution in [3.05, 3.63) is 23.4 Å². The van der Waals surface area contributed by atoms with E-state index in [4.69, 9.17) is 0 Å². The van der Waals surface area contributed by atoms with Gasteiger partial charge in [-0.1, -0.05) is 12.2 Å². The largest absolute Gasteiger partial charge is 0.385 e. The topological polar surface area (TPSA) is 12.0 Å². The number of nitrogens with one attached hydrogen (secondary N) is 1. The van der Waals surface area contributed by atoms with Crippen LogP contribution in [0.1, 0.15) is 27.7 Å². The molecule has 0 aromatic heterocycles. The van der Waals surface area contributed by atoms with E-state index in [2.05, 4.69) is 51.1 Å². The smallest absolute Gasteiger partial charge is 0.0323 e. The molecule has 0 aliphatic carbocycles. The molecule has 0 atom stereocenters. The number of hydrogen-bond donors (Lipinski definition) is 1. The first kappa shape index (κ1) is 13.4. The monoisotopic (exact) mass is 165 g/mol. The highest BCUT2D eigenvalue weighted by Gasteiger charge is 1.92. The van der Waals surface area contributed by atoms with Crippen molar-refractivity contribution in [3.8, 4) is 12.8 Å². The Morgan fingerprint density at radius 3 is 2.00 bits per heavy atom. The maximum atomic E-state index is 4.00. The summed E-state index contributed by atoms with van der Waals surface area (Å²) in [5.41, 5.74) is 2.55. The molecule has 0 spiro atoms. The fourth-order valence-corrected chi connectivity index (χ4v) is 0.815. The molecule has 0 bridgehead atoms. The molecule has 12 heavy (non-hydrogen) atoms. The Kier molecular flexibility index (Phi) is 11.0. The predicted octanol–water partition coefficient (Wildman–Crippen LogP) is 2.72. The zero-order valence-electron chi connectivity index (χ0n) is 8.52. The van der Waals surface area contributed by atoms with E-state index >= 15 is 0 Å². The molecular formula is C11H19N. The van der Waals surface area contributed by atoms with Crippen LogP contribution in [-0.2, 0) is 0 Å². The third-order valence-corrected chi connectivity index (χ3v) is 1.51. The minimum atomic E-state index is 0.991. The van der Waals surface area contributed by atoms with Gasteiger partial charge in [0.2, 0.25) is 0 Å². The van der Waals surface area contributed by atoms with E-state index in [1.165, 1.54) is 11.3 Å². The minimum absolute atomic E-state index is 0.991. The summed E-state index contributed by atoms with van der Waals surface area (Å²) in [4.78, 5) is 0. The summed E-state index contributed by atoms with van der Waals surface area (Å²) in [5, 5.41) is 3.28. The second-order valence-electron chi connectivity index (χ2n) is 2.20. The summed E-state index contributed by atoms with van der Waals surface area (Å²) < 4.78 is 0. The molecule has 1 N–H and O–H groups in total. The molecule has 1 heteroatoms. The van der Waals surface area contributed by atoms with Crippen LogP contribution in [-0.4, -0.2) is 6.54 Å². The number of terminal acetylenes is 1. The summed E-state index contributed by atoms with van der Waals surface area (Å²) in [7, 11) is 0. The average molecular weight is 165 g/mol. The van der Waals surface area contributed by atoms with Gasteiger partial charge < -0.3 is 5.32 Å². The molecule has 0 fully saturated rings. The van der Waals surface area contributed by atoms with Crippen molar-refractivity contribution in [3.63, 3.8) is 0 Å². The van der Waals surface area contributed by atoms with Crippen molar-refractivity contribution >= 4 is 0 Å². The maximum absolute atomic E-state index is 4.00. The van der Waals surface area contributed by atoms with Crippen LogP contribution in [0.3, 0.4) is 0 Å². The Morgan fingerprint density at radius 1 is 1.25 bits per heavy atom. The standard InChI is InChI=1S/C9H17N.C2H2/c1-5-8(4)9(6-2)10-7-3;1-2/h5-6,10H,7H2,1-4H3;1-2H/b8-5-,9-6+;. The van der Waals surface area contributed by atoms with Gasteiger partial charge in [0, 0.05) is 12.2 Å². The van der Waals surface area contributed by atoms with Crippen LogP contribution in [0.2, 0.25) is 0 Å². The van der Waals surface area contributed by atoms with Crippen LogP contribution in [0.4, 0.5) is 0 Å². The van der Waals surface area contributed by atoms with Crippen molar-refractivity contribution < 1.29 is 0 Å². The number of rotatable bonds is 3. The van der Waals surface area contributed by atoms with Gasteiger partial charge in [0.05, 0.1) is 0 Å². The van der Waals surface area contributed by atoms with Gasteiger partial charge in [-0.2, -0.15) is 0 Å². The molecule has 0 aliphatic rings. The van der Waals surface area contributed by atoms with Crippen LogP contribution in [0.15, 0.2) is 23.4 Å². The molecule has 0 aromatic carbocycles. The fraction of sp³-hybridized carbons (Fsp3) is 0.455. The van der Waals surface area contributed by atoms with E-state index in [0.29, 0.717) is 0 Å². The lowest BCUT2D eigenvalue weighted by molar-refractivity contribution is 0.859. The lowest BCUT2D eigenvalue weighted by atomic mass is 10.2. The molecule has 0 saturated carbocycles. The first-order valence-corrected chi connectivity index (χ1v) is 4.13. The van der Waals surface area contributed by atoms with E-state index in [9.17, 15) is 0 Å². The van der Waals surface area contributed by atoms with Crippen LogP contribution in [0, 0.1) is 12.8 Å². The molecule has 0 heterocycles. The van der Waals surface area contributed by atoms with Gasteiger partial charge in [-0.05, 0) is 33.3 Å². The van der Waals surface area contributed by atoms with E-state index in [-0.39, 0.29) is 0 Å². The Hall–Kier alpha value is -1.16. The second kappa shape index (κ2) is 9.84. The predicted molar refractivity (Wildman–Crippen MR) is 56.8 cm³/mol. The van der Waals surface area contributed by atoms with Gasteiger partial charge in [0.25, 0.3) is 0 Å². The van der Waals surface area contributed by atoms with Crippen LogP contribution in [0.25, 0.3) is 0 Å². The molecule has 0 radical (unpaired) electrons. The zero-order valence-corrected chi connectivity index (χ0v) is 8.52. The van der Waals surface area contributed by atoms with Gasteiger partial charge in [0.15, 0.2) is 0 Å². The van der Waals surface area contributed by atoms with Crippen LogP contribution < -0.4 is 5.32 Å². The van der Waals surface area contributed by atoms with Crippen molar-refractivity contribution in [2.75, 3.05) is 6.54 Å². The Balaban J connectivity index is 0. The van der Waals surface area contributed by atoms with E-state index < -0.39 is 0 Å². The zero-order chi connectivity index (χ0) is 9.98. The van der Waals surface area contributed by atoms with Crippen molar-refractivity contribution in [2.24, 2.45) is 0 Å². The van der Waals surface area contributed by atoms with Gasteiger partial charge in [-0.15, -0.1) is 12.8 Å². The molecule has 0 saturated heterocycles. The Bertz CT molecular complexity index is 173. The molecule has 1 nitrogen and oxygen atoms in total. The van der Waals surface area contributed by atoms with Gasteiger partial charge in [-0.25, -0.2) is 0 Å². The third kappa shape index (κ3) is 5.61. The van der Waals surface area contributed by atoms with E-state index in [0.717, 1.165) is 6.54 Å². The van der Waals surface area contributed by atoms with Crippen LogP contribution in [0.5, 0.6) is 0 Å². The van der Waals surface area contributed by atoms with Crippen molar-refractivity contribution in [1.29, 1.82) is 0 Å². The first-order valence-electron chi connectivity index (χ1n) is 4.13. The van der Waals surface area contributed by atoms with E-state index in [1.807, 2.05) is 6.92 Å². The van der Waals surface area contributed by atoms with Gasteiger partial charge in [-0.3, -0.25) is 0 Å². The number of allylic oxidation sites excluding steroid dienone is 3. The third-order valence-electron chi connectivity index (χ3n) is 1.51. The summed E-state index contributed by atoms with van der Waals surface area (Å²) in [5.74, 6) is 0. The summed E-state index contributed by atoms with van der Waals surface area (Å²) in [6, 6.07) is 0. The SMILES string of the molecule is C#C.C/C=C(C)\C(=C/C)NCC. The summed E-state index contributed by atoms with van der Waals surface area (Å²) in [6.07, 6.45) is 12.2. The fourth-order valence-electron chi connectivity index (χ4n) is 0.815. The van der Waals surface area contributed by atoms with Crippen molar-refractivity contribution in [1.82, 2.24) is 5.32 Å². The molecule has 0 amide bonds. The average Bonchev–Trinajstić information content (AvgIpc) is 2.16. The molecular weight excluding hydrogens is 146 g/mol. The Labute approximate surface area is 76.6 Å². The number of hydrogen-bond acceptors (Lipinski definition) is 1. The van der Waals surface area contributed by atoms with Crippen LogP contribution >= 0.6 is 0 Å². The molecule has 0 aliphatic heterocycles. The lowest BCUT2D eigenvalue weighted by Crippen LogP contribution is -2.12. The normalized spacial score (nSPS) is 11.5. The molecule has 0 rings (SSSR count). The Morgan fingerprint density at radius 2 is 1.75 bits per heavy atom. The quantitative estimate of drug-likeness (QED) is 0.501. The second-order valence-corrected chi connectivity index (χ2v) is 2.20. The highest BCUT2D eigenvalue weighted by atomic mass is 14.9. The first-order chi connectivity index (χ1) is 5.76. The highest BCUT2D eigenvalue weighted by molar-refractivity contribution is 5.25. The minimum Gasteiger partial charge on any atom is -0.385 e. The molecule has 68 valence electrons. The maximum Gasteiger partial charge on any atom is 0.0323 e. The summed E-state index contributed by atoms with van der Waals surface area (Å²) in [6.45, 7) is 9.30. The molecule has 0 unspecified atom stereocenters. The van der Waals surface area contributed by atoms with Gasteiger partial charge >= 0.3 is 0 Å². The lowest BCUT2D eigenvalue weighted by Gasteiger charge is -2.07. The molecule has 0 aromatic rings. The van der Waals surface area contributed by atoms with Gasteiger partial charge in [0.1, 0.15) is 0 Å². The van der Waals surface area contributed by atoms with Crippen molar-refractivity contribution in [2.45, 2.75) is 27.7 Å². The number of likely N-dealkylation sites (N-methyl/N-ethyl adjacent to an activating group) is 1. The highest BCUT2D eigenvalue weighted by Crippen LogP contribution is 2.03. The summed E-state index contributed by atoms with van der Waals surface area (Å²) >= 11 is 0.